The van der Waals surface area contributed by atoms with Gasteiger partial charge in [-0.1, -0.05) is 11.8 Å². The molecule has 2 aromatic heterocycles. The van der Waals surface area contributed by atoms with E-state index in [0.717, 1.165) is 29.7 Å². The van der Waals surface area contributed by atoms with Gasteiger partial charge in [-0.15, -0.1) is 10.2 Å². The molecule has 0 spiro atoms. The summed E-state index contributed by atoms with van der Waals surface area (Å²) in [5.74, 6) is 0.280. The van der Waals surface area contributed by atoms with Crippen molar-refractivity contribution in [3.8, 4) is 23.0 Å². The molecule has 0 fully saturated rings. The Morgan fingerprint density at radius 3 is 2.60 bits per heavy atom. The van der Waals surface area contributed by atoms with E-state index < -0.39 is 5.97 Å². The lowest BCUT2D eigenvalue weighted by molar-refractivity contribution is -0.133. The molecule has 0 aliphatic heterocycles. The molecular formula is C16H17N5O3S. The fourth-order valence-corrected chi connectivity index (χ4v) is 2.95. The molecule has 1 N–H and O–H groups in total. The van der Waals surface area contributed by atoms with E-state index >= 15 is 0 Å². The summed E-state index contributed by atoms with van der Waals surface area (Å²) in [6, 6.07) is 9.25. The summed E-state index contributed by atoms with van der Waals surface area (Å²) in [7, 11) is 1.60. The van der Waals surface area contributed by atoms with E-state index in [4.69, 9.17) is 9.84 Å². The quantitative estimate of drug-likeness (QED) is 0.647. The second-order valence-corrected chi connectivity index (χ2v) is 6.02. The average molecular weight is 359 g/mol. The van der Waals surface area contributed by atoms with Gasteiger partial charge in [0.15, 0.2) is 11.0 Å². The van der Waals surface area contributed by atoms with Gasteiger partial charge in [-0.2, -0.15) is 5.10 Å². The third-order valence-corrected chi connectivity index (χ3v) is 4.40. The van der Waals surface area contributed by atoms with E-state index in [-0.39, 0.29) is 5.75 Å². The van der Waals surface area contributed by atoms with E-state index in [0.29, 0.717) is 16.7 Å². The molecule has 0 saturated carbocycles. The Balaban J connectivity index is 2.06. The van der Waals surface area contributed by atoms with Gasteiger partial charge in [0.2, 0.25) is 0 Å². The largest absolute Gasteiger partial charge is 0.497 e. The number of carboxylic acid groups (broad SMARTS) is 1. The average Bonchev–Trinajstić information content (AvgIpc) is 3.26. The Bertz CT molecular complexity index is 872. The minimum atomic E-state index is -0.911. The summed E-state index contributed by atoms with van der Waals surface area (Å²) in [5.41, 5.74) is 1.48. The van der Waals surface area contributed by atoms with Crippen molar-refractivity contribution >= 4 is 17.7 Å². The first kappa shape index (κ1) is 17.0. The molecule has 3 rings (SSSR count). The summed E-state index contributed by atoms with van der Waals surface area (Å²) in [6.07, 6.45) is 1.87. The minimum Gasteiger partial charge on any atom is -0.497 e. The van der Waals surface area contributed by atoms with Crippen LogP contribution >= 0.6 is 11.8 Å². The summed E-state index contributed by atoms with van der Waals surface area (Å²) in [5, 5.41) is 22.3. The molecule has 1 aromatic carbocycles. The second-order valence-electron chi connectivity index (χ2n) is 5.08. The van der Waals surface area contributed by atoms with E-state index in [2.05, 4.69) is 15.3 Å². The van der Waals surface area contributed by atoms with Crippen molar-refractivity contribution in [2.75, 3.05) is 12.9 Å². The van der Waals surface area contributed by atoms with Crippen LogP contribution < -0.4 is 4.74 Å². The molecule has 0 bridgehead atoms. The van der Waals surface area contributed by atoms with Crippen molar-refractivity contribution in [1.29, 1.82) is 0 Å². The van der Waals surface area contributed by atoms with E-state index in [1.54, 1.807) is 16.4 Å². The molecule has 0 amide bonds. The fraction of sp³-hybridized carbons (Fsp3) is 0.250. The number of hydrogen-bond acceptors (Lipinski definition) is 6. The zero-order chi connectivity index (χ0) is 17.8. The molecule has 0 saturated heterocycles. The zero-order valence-corrected chi connectivity index (χ0v) is 14.6. The number of rotatable bonds is 7. The molecule has 2 heterocycles. The molecule has 0 aliphatic carbocycles. The number of carbonyl (C=O) groups is 1. The molecule has 0 radical (unpaired) electrons. The highest BCUT2D eigenvalue weighted by Crippen LogP contribution is 2.28. The Morgan fingerprint density at radius 1 is 1.24 bits per heavy atom. The third kappa shape index (κ3) is 3.66. The monoisotopic (exact) mass is 359 g/mol. The minimum absolute atomic E-state index is 0.0995. The lowest BCUT2D eigenvalue weighted by atomic mass is 10.3. The van der Waals surface area contributed by atoms with E-state index in [1.807, 2.05) is 43.5 Å². The van der Waals surface area contributed by atoms with Crippen molar-refractivity contribution < 1.29 is 14.6 Å². The lowest BCUT2D eigenvalue weighted by Crippen LogP contribution is -2.04. The molecular weight excluding hydrogens is 342 g/mol. The van der Waals surface area contributed by atoms with Gasteiger partial charge in [-0.3, -0.25) is 14.0 Å². The SMILES string of the molecule is CCn1ccc(-c2nnc(SCC(=O)O)n2-c2ccc(OC)cc2)n1. The fourth-order valence-electron chi connectivity index (χ4n) is 2.28. The van der Waals surface area contributed by atoms with Crippen molar-refractivity contribution in [2.45, 2.75) is 18.6 Å². The smallest absolute Gasteiger partial charge is 0.313 e. The highest BCUT2D eigenvalue weighted by Gasteiger charge is 2.19. The molecule has 8 nitrogen and oxygen atoms in total. The number of aromatic nitrogens is 5. The van der Waals surface area contributed by atoms with Crippen molar-refractivity contribution in [1.82, 2.24) is 24.5 Å². The van der Waals surface area contributed by atoms with Gasteiger partial charge in [-0.25, -0.2) is 0 Å². The van der Waals surface area contributed by atoms with Gasteiger partial charge in [0.05, 0.1) is 18.6 Å². The molecule has 3 aromatic rings. The zero-order valence-electron chi connectivity index (χ0n) is 13.8. The standard InChI is InChI=1S/C16H17N5O3S/c1-3-20-9-8-13(19-20)15-17-18-16(25-10-14(22)23)21(15)11-4-6-12(24-2)7-5-11/h4-9H,3,10H2,1-2H3,(H,22,23). The predicted molar refractivity (Wildman–Crippen MR) is 93.2 cm³/mol. The Labute approximate surface area is 148 Å². The van der Waals surface area contributed by atoms with Crippen molar-refractivity contribution in [2.24, 2.45) is 0 Å². The van der Waals surface area contributed by atoms with Gasteiger partial charge in [0.25, 0.3) is 0 Å². The first-order valence-corrected chi connectivity index (χ1v) is 8.59. The third-order valence-electron chi connectivity index (χ3n) is 3.48. The second kappa shape index (κ2) is 7.39. The van der Waals surface area contributed by atoms with E-state index in [9.17, 15) is 4.79 Å². The van der Waals surface area contributed by atoms with Crippen LogP contribution in [0.1, 0.15) is 6.92 Å². The van der Waals surface area contributed by atoms with Crippen LogP contribution in [0.25, 0.3) is 17.2 Å². The van der Waals surface area contributed by atoms with Crippen LogP contribution in [0, 0.1) is 0 Å². The predicted octanol–water partition coefficient (Wildman–Crippen LogP) is 2.34. The Kier molecular flexibility index (Phi) is 5.03. The Hall–Kier alpha value is -2.81. The van der Waals surface area contributed by atoms with Gasteiger partial charge in [0.1, 0.15) is 11.4 Å². The maximum Gasteiger partial charge on any atom is 0.313 e. The van der Waals surface area contributed by atoms with Crippen LogP contribution in [-0.4, -0.2) is 48.5 Å². The number of methoxy groups -OCH3 is 1. The highest BCUT2D eigenvalue weighted by atomic mass is 32.2. The first-order chi connectivity index (χ1) is 12.1. The maximum atomic E-state index is 10.9. The molecule has 9 heteroatoms. The number of aliphatic carboxylic acids is 1. The summed E-state index contributed by atoms with van der Waals surface area (Å²) >= 11 is 1.11. The summed E-state index contributed by atoms with van der Waals surface area (Å²) in [4.78, 5) is 10.9. The summed E-state index contributed by atoms with van der Waals surface area (Å²) < 4.78 is 8.79. The number of hydrogen-bond donors (Lipinski definition) is 1. The molecule has 130 valence electrons. The molecule has 25 heavy (non-hydrogen) atoms. The number of nitrogens with zero attached hydrogens (tertiary/aromatic N) is 5. The van der Waals surface area contributed by atoms with Crippen LogP contribution in [0.3, 0.4) is 0 Å². The van der Waals surface area contributed by atoms with Gasteiger partial charge < -0.3 is 9.84 Å². The number of ether oxygens (including phenoxy) is 1. The van der Waals surface area contributed by atoms with Crippen LogP contribution in [0.15, 0.2) is 41.7 Å². The highest BCUT2D eigenvalue weighted by molar-refractivity contribution is 7.99. The van der Waals surface area contributed by atoms with Crippen LogP contribution in [0.4, 0.5) is 0 Å². The maximum absolute atomic E-state index is 10.9. The summed E-state index contributed by atoms with van der Waals surface area (Å²) in [6.45, 7) is 2.75. The van der Waals surface area contributed by atoms with Gasteiger partial charge in [-0.05, 0) is 37.3 Å². The first-order valence-electron chi connectivity index (χ1n) is 7.60. The van der Waals surface area contributed by atoms with Crippen LogP contribution in [0.2, 0.25) is 0 Å². The lowest BCUT2D eigenvalue weighted by Gasteiger charge is -2.09. The van der Waals surface area contributed by atoms with Crippen molar-refractivity contribution in [3.05, 3.63) is 36.5 Å². The van der Waals surface area contributed by atoms with Crippen molar-refractivity contribution in [3.63, 3.8) is 0 Å². The number of aryl methyl sites for hydroxylation is 1. The number of thioether (sulfide) groups is 1. The number of carboxylic acids is 1. The van der Waals surface area contributed by atoms with Gasteiger partial charge in [0, 0.05) is 12.7 Å². The normalized spacial score (nSPS) is 10.8. The van der Waals surface area contributed by atoms with Crippen LogP contribution in [0.5, 0.6) is 5.75 Å². The molecule has 0 atom stereocenters. The molecule has 0 aliphatic rings. The number of benzene rings is 1. The Morgan fingerprint density at radius 2 is 2.00 bits per heavy atom. The topological polar surface area (TPSA) is 95.1 Å². The van der Waals surface area contributed by atoms with Crippen LogP contribution in [-0.2, 0) is 11.3 Å². The van der Waals surface area contributed by atoms with E-state index in [1.165, 1.54) is 0 Å². The molecule has 0 unspecified atom stereocenters. The van der Waals surface area contributed by atoms with Gasteiger partial charge >= 0.3 is 5.97 Å².